The standard InChI is InChI=1S/C32H35N3O3/c1-6-9-16-28(24-17-18-29(36)30(21-24)38-5)35-31(8-3)34-27(7-2)23-13-11-15-26(20-23)33-32(37)25-14-10-12-22(4)19-25/h6,8-21,27,34,36H,1,7H2,2-5H3,(H,33,37)/b16-9+,31-8-,35-28+/t27-/m0/s1. The second-order valence-corrected chi connectivity index (χ2v) is 8.71. The Kier molecular flexibility index (Phi) is 10.1. The number of hydrogen-bond acceptors (Lipinski definition) is 5. The quantitative estimate of drug-likeness (QED) is 0.190. The molecule has 3 aromatic carbocycles. The van der Waals surface area contributed by atoms with Crippen LogP contribution in [0.1, 0.15) is 53.4 Å². The molecule has 6 nitrogen and oxygen atoms in total. The molecule has 0 spiro atoms. The highest BCUT2D eigenvalue weighted by Gasteiger charge is 2.14. The number of hydrogen-bond donors (Lipinski definition) is 3. The first-order valence-corrected chi connectivity index (χ1v) is 12.5. The average molecular weight is 510 g/mol. The van der Waals surface area contributed by atoms with E-state index in [0.717, 1.165) is 28.8 Å². The molecule has 0 unspecified atom stereocenters. The predicted molar refractivity (Wildman–Crippen MR) is 156 cm³/mol. The second kappa shape index (κ2) is 13.7. The molecule has 1 atom stereocenters. The van der Waals surface area contributed by atoms with Gasteiger partial charge in [-0.05, 0) is 80.4 Å². The second-order valence-electron chi connectivity index (χ2n) is 8.71. The lowest BCUT2D eigenvalue weighted by Crippen LogP contribution is -2.20. The van der Waals surface area contributed by atoms with Crippen molar-refractivity contribution in [3.63, 3.8) is 0 Å². The van der Waals surface area contributed by atoms with Crippen LogP contribution in [-0.2, 0) is 0 Å². The molecule has 3 rings (SSSR count). The highest BCUT2D eigenvalue weighted by molar-refractivity contribution is 6.09. The van der Waals surface area contributed by atoms with Gasteiger partial charge in [0.05, 0.1) is 18.9 Å². The maximum absolute atomic E-state index is 12.8. The van der Waals surface area contributed by atoms with Gasteiger partial charge in [-0.3, -0.25) is 4.79 Å². The van der Waals surface area contributed by atoms with Crippen LogP contribution in [0.15, 0.2) is 108 Å². The Balaban J connectivity index is 1.85. The van der Waals surface area contributed by atoms with Crippen LogP contribution >= 0.6 is 0 Å². The van der Waals surface area contributed by atoms with E-state index in [9.17, 15) is 9.90 Å². The largest absolute Gasteiger partial charge is 0.504 e. The number of anilines is 1. The molecule has 38 heavy (non-hydrogen) atoms. The number of allylic oxidation sites excluding steroid dienone is 4. The van der Waals surface area contributed by atoms with Gasteiger partial charge >= 0.3 is 0 Å². The molecule has 0 aliphatic heterocycles. The third kappa shape index (κ3) is 7.46. The summed E-state index contributed by atoms with van der Waals surface area (Å²) in [4.78, 5) is 17.6. The summed E-state index contributed by atoms with van der Waals surface area (Å²) < 4.78 is 5.27. The fourth-order valence-corrected chi connectivity index (χ4v) is 3.93. The Morgan fingerprint density at radius 1 is 1.11 bits per heavy atom. The van der Waals surface area contributed by atoms with Crippen LogP contribution in [0.3, 0.4) is 0 Å². The van der Waals surface area contributed by atoms with Gasteiger partial charge in [0.15, 0.2) is 11.5 Å². The Hall–Kier alpha value is -4.58. The number of amides is 1. The Morgan fingerprint density at radius 3 is 2.58 bits per heavy atom. The van der Waals surface area contributed by atoms with Crippen LogP contribution in [0, 0.1) is 6.92 Å². The summed E-state index contributed by atoms with van der Waals surface area (Å²) >= 11 is 0. The molecule has 0 aromatic heterocycles. The van der Waals surface area contributed by atoms with E-state index in [1.54, 1.807) is 30.3 Å². The van der Waals surface area contributed by atoms with E-state index in [2.05, 4.69) is 24.1 Å². The fraction of sp³-hybridized carbons (Fsp3) is 0.188. The van der Waals surface area contributed by atoms with E-state index < -0.39 is 0 Å². The van der Waals surface area contributed by atoms with Gasteiger partial charge in [0, 0.05) is 16.8 Å². The van der Waals surface area contributed by atoms with E-state index in [-0.39, 0.29) is 17.7 Å². The van der Waals surface area contributed by atoms with Crippen LogP contribution in [-0.4, -0.2) is 23.8 Å². The number of aliphatic imine (C=N–C) groups is 1. The van der Waals surface area contributed by atoms with E-state index in [4.69, 9.17) is 9.73 Å². The van der Waals surface area contributed by atoms with Crippen LogP contribution in [0.4, 0.5) is 5.69 Å². The van der Waals surface area contributed by atoms with Crippen LogP contribution in [0.2, 0.25) is 0 Å². The lowest BCUT2D eigenvalue weighted by molar-refractivity contribution is 0.102. The highest BCUT2D eigenvalue weighted by Crippen LogP contribution is 2.27. The topological polar surface area (TPSA) is 83.0 Å². The van der Waals surface area contributed by atoms with Gasteiger partial charge in [-0.25, -0.2) is 4.99 Å². The molecule has 0 bridgehead atoms. The molecule has 0 heterocycles. The molecule has 3 N–H and O–H groups in total. The molecule has 196 valence electrons. The van der Waals surface area contributed by atoms with E-state index >= 15 is 0 Å². The summed E-state index contributed by atoms with van der Waals surface area (Å²) in [6.45, 7) is 9.74. The van der Waals surface area contributed by atoms with Crippen molar-refractivity contribution >= 4 is 17.3 Å². The van der Waals surface area contributed by atoms with Crippen molar-refractivity contribution in [2.45, 2.75) is 33.2 Å². The van der Waals surface area contributed by atoms with Gasteiger partial charge in [0.2, 0.25) is 0 Å². The summed E-state index contributed by atoms with van der Waals surface area (Å²) in [5.41, 5.74) is 4.88. The van der Waals surface area contributed by atoms with E-state index in [1.165, 1.54) is 7.11 Å². The summed E-state index contributed by atoms with van der Waals surface area (Å²) in [6.07, 6.45) is 8.05. The maximum atomic E-state index is 12.8. The van der Waals surface area contributed by atoms with Gasteiger partial charge in [-0.2, -0.15) is 0 Å². The lowest BCUT2D eigenvalue weighted by Gasteiger charge is -2.20. The number of ether oxygens (including phenoxy) is 1. The van der Waals surface area contributed by atoms with Crippen molar-refractivity contribution in [2.24, 2.45) is 4.99 Å². The first-order valence-electron chi connectivity index (χ1n) is 12.5. The minimum absolute atomic E-state index is 0.0419. The molecule has 1 amide bonds. The van der Waals surface area contributed by atoms with Gasteiger partial charge in [-0.15, -0.1) is 0 Å². The number of aryl methyl sites for hydroxylation is 1. The molecule has 0 aliphatic carbocycles. The van der Waals surface area contributed by atoms with Crippen LogP contribution < -0.4 is 15.4 Å². The number of aromatic hydroxyl groups is 1. The first kappa shape index (κ1) is 28.0. The number of nitrogens with zero attached hydrogens (tertiary/aromatic N) is 1. The molecule has 0 aliphatic rings. The Morgan fingerprint density at radius 2 is 1.89 bits per heavy atom. The number of nitrogens with one attached hydrogen (secondary N) is 2. The fourth-order valence-electron chi connectivity index (χ4n) is 3.93. The monoisotopic (exact) mass is 509 g/mol. The highest BCUT2D eigenvalue weighted by atomic mass is 16.5. The summed E-state index contributed by atoms with van der Waals surface area (Å²) in [6, 6.07) is 20.4. The van der Waals surface area contributed by atoms with Crippen molar-refractivity contribution in [3.8, 4) is 11.5 Å². The molecule has 0 saturated heterocycles. The number of carbonyl (C=O) groups excluding carboxylic acids is 1. The third-order valence-corrected chi connectivity index (χ3v) is 5.94. The minimum Gasteiger partial charge on any atom is -0.504 e. The summed E-state index contributed by atoms with van der Waals surface area (Å²) in [5.74, 6) is 0.969. The predicted octanol–water partition coefficient (Wildman–Crippen LogP) is 7.10. The molecule has 6 heteroatoms. The maximum Gasteiger partial charge on any atom is 0.255 e. The lowest BCUT2D eigenvalue weighted by atomic mass is 10.0. The molecule has 3 aromatic rings. The summed E-state index contributed by atoms with van der Waals surface area (Å²) in [5, 5.41) is 16.5. The van der Waals surface area contributed by atoms with Crippen molar-refractivity contribution in [1.29, 1.82) is 0 Å². The number of phenols is 1. The van der Waals surface area contributed by atoms with E-state index in [0.29, 0.717) is 22.8 Å². The zero-order valence-corrected chi connectivity index (χ0v) is 22.4. The van der Waals surface area contributed by atoms with Gasteiger partial charge in [0.1, 0.15) is 5.82 Å². The van der Waals surface area contributed by atoms with Crippen molar-refractivity contribution in [2.75, 3.05) is 12.4 Å². The number of rotatable bonds is 11. The minimum atomic E-state index is -0.145. The van der Waals surface area contributed by atoms with Gasteiger partial charge < -0.3 is 20.5 Å². The van der Waals surface area contributed by atoms with E-state index in [1.807, 2.05) is 74.5 Å². The number of methoxy groups -OCH3 is 1. The molecule has 0 fully saturated rings. The Labute approximate surface area is 225 Å². The van der Waals surface area contributed by atoms with Crippen LogP contribution in [0.25, 0.3) is 0 Å². The molecular formula is C32H35N3O3. The number of phenolic OH excluding ortho intramolecular Hbond substituents is 1. The average Bonchev–Trinajstić information content (AvgIpc) is 2.93. The first-order chi connectivity index (χ1) is 18.4. The normalized spacial score (nSPS) is 12.7. The van der Waals surface area contributed by atoms with Crippen molar-refractivity contribution < 1.29 is 14.6 Å². The van der Waals surface area contributed by atoms with Gasteiger partial charge in [0.25, 0.3) is 5.91 Å². The zero-order chi connectivity index (χ0) is 27.5. The number of benzene rings is 3. The van der Waals surface area contributed by atoms with Crippen molar-refractivity contribution in [3.05, 3.63) is 126 Å². The SMILES string of the molecule is C=C/C=C/C(=N\C(=C/C)N[C@@H](CC)c1cccc(NC(=O)c2cccc(C)c2)c1)c1ccc(O)c(OC)c1. The van der Waals surface area contributed by atoms with Crippen molar-refractivity contribution in [1.82, 2.24) is 5.32 Å². The molecular weight excluding hydrogens is 474 g/mol. The molecule has 0 radical (unpaired) electrons. The number of carbonyl (C=O) groups is 1. The third-order valence-electron chi connectivity index (χ3n) is 5.94. The zero-order valence-electron chi connectivity index (χ0n) is 22.4. The van der Waals surface area contributed by atoms with Gasteiger partial charge in [-0.1, -0.05) is 55.5 Å². The molecule has 0 saturated carbocycles. The smallest absolute Gasteiger partial charge is 0.255 e. The summed E-state index contributed by atoms with van der Waals surface area (Å²) in [7, 11) is 1.51. The van der Waals surface area contributed by atoms with Crippen LogP contribution in [0.5, 0.6) is 11.5 Å². The Bertz CT molecular complexity index is 1370.